The fourth-order valence-electron chi connectivity index (χ4n) is 3.28. The van der Waals surface area contributed by atoms with Crippen LogP contribution in [0.5, 0.6) is 0 Å². The first-order valence-corrected chi connectivity index (χ1v) is 10.1. The van der Waals surface area contributed by atoms with Crippen LogP contribution < -0.4 is 10.2 Å². The lowest BCUT2D eigenvalue weighted by atomic mass is 9.88. The number of hydrogen-bond donors (Lipinski definition) is 2. The summed E-state index contributed by atoms with van der Waals surface area (Å²) in [5.74, 6) is 0.606. The largest absolute Gasteiger partial charge is 0.465 e. The molecule has 1 saturated heterocycles. The number of carboxylic acid groups (broad SMARTS) is 1. The fourth-order valence-corrected chi connectivity index (χ4v) is 3.28. The Kier molecular flexibility index (Phi) is 7.80. The molecule has 2 amide bonds. The summed E-state index contributed by atoms with van der Waals surface area (Å²) in [6.07, 6.45) is 0.880. The third-order valence-electron chi connectivity index (χ3n) is 4.92. The van der Waals surface area contributed by atoms with E-state index >= 15 is 0 Å². The van der Waals surface area contributed by atoms with Crippen LogP contribution in [0.4, 0.5) is 10.6 Å². The smallest absolute Gasteiger partial charge is 0.405 e. The van der Waals surface area contributed by atoms with Crippen LogP contribution in [0.25, 0.3) is 0 Å². The van der Waals surface area contributed by atoms with Crippen molar-refractivity contribution in [1.82, 2.24) is 15.2 Å². The van der Waals surface area contributed by atoms with Gasteiger partial charge in [0.2, 0.25) is 6.10 Å². The lowest BCUT2D eigenvalue weighted by Crippen LogP contribution is -2.58. The quantitative estimate of drug-likeness (QED) is 0.522. The minimum absolute atomic E-state index is 0.0799. The van der Waals surface area contributed by atoms with Crippen LogP contribution in [-0.4, -0.2) is 71.0 Å². The van der Waals surface area contributed by atoms with E-state index in [2.05, 4.69) is 26.4 Å². The highest BCUT2D eigenvalue weighted by Gasteiger charge is 2.40. The predicted octanol–water partition coefficient (Wildman–Crippen LogP) is 2.06. The molecule has 2 rings (SSSR count). The van der Waals surface area contributed by atoms with Gasteiger partial charge in [0, 0.05) is 37.3 Å². The van der Waals surface area contributed by atoms with Crippen LogP contribution in [0, 0.1) is 16.7 Å². The molecule has 0 aromatic carbocycles. The van der Waals surface area contributed by atoms with Crippen LogP contribution in [0.3, 0.4) is 0 Å². The molecule has 1 aromatic rings. The molecule has 1 aromatic heterocycles. The van der Waals surface area contributed by atoms with E-state index in [1.807, 2.05) is 33.8 Å². The van der Waals surface area contributed by atoms with E-state index in [0.29, 0.717) is 25.2 Å². The summed E-state index contributed by atoms with van der Waals surface area (Å²) in [6, 6.07) is 4.97. The van der Waals surface area contributed by atoms with Crippen molar-refractivity contribution >= 4 is 24.0 Å². The van der Waals surface area contributed by atoms with Crippen LogP contribution in [0.1, 0.15) is 40.2 Å². The SMILES string of the molecule is CC(/C=N/OC(C(=O)N1CCN(c2ccc(C#N)cn2)CC1C)C(C)(C)C)NC(=O)O. The lowest BCUT2D eigenvalue weighted by Gasteiger charge is -2.42. The number of piperazine rings is 1. The van der Waals surface area contributed by atoms with Gasteiger partial charge >= 0.3 is 6.09 Å². The number of pyridine rings is 1. The van der Waals surface area contributed by atoms with Crippen LogP contribution in [0.15, 0.2) is 23.5 Å². The highest BCUT2D eigenvalue weighted by atomic mass is 16.6. The Bertz CT molecular complexity index is 843. The molecule has 2 N–H and O–H groups in total. The number of nitriles is 1. The van der Waals surface area contributed by atoms with Crippen molar-refractivity contribution < 1.29 is 19.5 Å². The molecule has 1 aliphatic heterocycles. The van der Waals surface area contributed by atoms with Gasteiger partial charge in [-0.3, -0.25) is 4.79 Å². The van der Waals surface area contributed by atoms with E-state index in [0.717, 1.165) is 5.82 Å². The molecule has 10 nitrogen and oxygen atoms in total. The van der Waals surface area contributed by atoms with Crippen molar-refractivity contribution in [3.8, 4) is 6.07 Å². The second-order valence-electron chi connectivity index (χ2n) is 8.69. The van der Waals surface area contributed by atoms with E-state index in [1.54, 1.807) is 24.1 Å². The standard InChI is InChI=1S/C21H30N6O4/c1-14(25-20(29)30)11-24-31-18(21(3,4)5)19(28)27-9-8-26(13-15(27)2)17-7-6-16(10-22)12-23-17/h6-7,11-12,14-15,18,25H,8-9,13H2,1-5H3,(H,29,30)/b24-11+. The summed E-state index contributed by atoms with van der Waals surface area (Å²) in [4.78, 5) is 37.7. The van der Waals surface area contributed by atoms with Gasteiger partial charge in [-0.05, 0) is 26.0 Å². The molecule has 0 bridgehead atoms. The summed E-state index contributed by atoms with van der Waals surface area (Å²) in [6.45, 7) is 11.0. The van der Waals surface area contributed by atoms with Gasteiger partial charge in [-0.2, -0.15) is 5.26 Å². The third kappa shape index (κ3) is 6.57. The molecular formula is C21H30N6O4. The van der Waals surface area contributed by atoms with E-state index in [1.165, 1.54) is 6.21 Å². The maximum Gasteiger partial charge on any atom is 0.405 e. The van der Waals surface area contributed by atoms with Crippen LogP contribution in [-0.2, 0) is 9.63 Å². The molecular weight excluding hydrogens is 400 g/mol. The van der Waals surface area contributed by atoms with Crippen LogP contribution in [0.2, 0.25) is 0 Å². The van der Waals surface area contributed by atoms with E-state index in [9.17, 15) is 9.59 Å². The molecule has 2 heterocycles. The van der Waals surface area contributed by atoms with Gasteiger partial charge < -0.3 is 25.1 Å². The Morgan fingerprint density at radius 1 is 1.42 bits per heavy atom. The molecule has 1 fully saturated rings. The van der Waals surface area contributed by atoms with E-state index in [-0.39, 0.29) is 11.9 Å². The number of carbonyl (C=O) groups is 2. The maximum absolute atomic E-state index is 13.3. The molecule has 168 valence electrons. The second-order valence-corrected chi connectivity index (χ2v) is 8.69. The molecule has 0 spiro atoms. The zero-order chi connectivity index (χ0) is 23.2. The van der Waals surface area contributed by atoms with E-state index in [4.69, 9.17) is 15.2 Å². The highest BCUT2D eigenvalue weighted by Crippen LogP contribution is 2.27. The van der Waals surface area contributed by atoms with Crippen molar-refractivity contribution in [2.24, 2.45) is 10.6 Å². The van der Waals surface area contributed by atoms with Gasteiger partial charge in [0.1, 0.15) is 11.9 Å². The van der Waals surface area contributed by atoms with Gasteiger partial charge in [0.15, 0.2) is 0 Å². The third-order valence-corrected chi connectivity index (χ3v) is 4.92. The van der Waals surface area contributed by atoms with Crippen molar-refractivity contribution in [3.05, 3.63) is 23.9 Å². The first-order valence-electron chi connectivity index (χ1n) is 10.1. The molecule has 0 aliphatic carbocycles. The molecule has 0 saturated carbocycles. The Balaban J connectivity index is 2.05. The fraction of sp³-hybridized carbons (Fsp3) is 0.571. The molecule has 1 aliphatic rings. The average Bonchev–Trinajstić information content (AvgIpc) is 2.69. The minimum atomic E-state index is -1.16. The number of oxime groups is 1. The van der Waals surface area contributed by atoms with Gasteiger partial charge in [0.05, 0.1) is 17.8 Å². The average molecular weight is 431 g/mol. The number of nitrogens with zero attached hydrogens (tertiary/aromatic N) is 5. The van der Waals surface area contributed by atoms with Crippen molar-refractivity contribution in [3.63, 3.8) is 0 Å². The number of rotatable bonds is 6. The highest BCUT2D eigenvalue weighted by molar-refractivity contribution is 5.82. The first-order chi connectivity index (χ1) is 14.5. The molecule has 31 heavy (non-hydrogen) atoms. The summed E-state index contributed by atoms with van der Waals surface area (Å²) in [5.41, 5.74) is -0.00660. The Labute approximate surface area is 182 Å². The molecule has 10 heteroatoms. The Morgan fingerprint density at radius 3 is 2.65 bits per heavy atom. The predicted molar refractivity (Wildman–Crippen MR) is 116 cm³/mol. The number of nitrogens with one attached hydrogen (secondary N) is 1. The monoisotopic (exact) mass is 430 g/mol. The molecule has 0 radical (unpaired) electrons. The second kappa shape index (κ2) is 10.1. The lowest BCUT2D eigenvalue weighted by molar-refractivity contribution is -0.153. The number of anilines is 1. The van der Waals surface area contributed by atoms with Gasteiger partial charge in [-0.15, -0.1) is 0 Å². The van der Waals surface area contributed by atoms with Crippen molar-refractivity contribution in [2.75, 3.05) is 24.5 Å². The minimum Gasteiger partial charge on any atom is -0.465 e. The Hall–Kier alpha value is -3.35. The van der Waals surface area contributed by atoms with Gasteiger partial charge in [-0.25, -0.2) is 9.78 Å². The zero-order valence-electron chi connectivity index (χ0n) is 18.6. The van der Waals surface area contributed by atoms with E-state index < -0.39 is 23.7 Å². The maximum atomic E-state index is 13.3. The normalized spacial score (nSPS) is 18.9. The number of hydrogen-bond acceptors (Lipinski definition) is 7. The zero-order valence-corrected chi connectivity index (χ0v) is 18.6. The molecule has 3 atom stereocenters. The number of carbonyl (C=O) groups excluding carboxylic acids is 1. The molecule has 3 unspecified atom stereocenters. The topological polar surface area (TPSA) is 131 Å². The van der Waals surface area contributed by atoms with Crippen molar-refractivity contribution in [2.45, 2.75) is 52.8 Å². The van der Waals surface area contributed by atoms with Crippen molar-refractivity contribution in [1.29, 1.82) is 5.26 Å². The summed E-state index contributed by atoms with van der Waals surface area (Å²) < 4.78 is 0. The number of aromatic nitrogens is 1. The summed E-state index contributed by atoms with van der Waals surface area (Å²) >= 11 is 0. The van der Waals surface area contributed by atoms with Gasteiger partial charge in [-0.1, -0.05) is 25.9 Å². The Morgan fingerprint density at radius 2 is 2.13 bits per heavy atom. The first kappa shape index (κ1) is 23.9. The van der Waals surface area contributed by atoms with Gasteiger partial charge in [0.25, 0.3) is 5.91 Å². The van der Waals surface area contributed by atoms with Crippen LogP contribution >= 0.6 is 0 Å². The summed E-state index contributed by atoms with van der Waals surface area (Å²) in [7, 11) is 0. The summed E-state index contributed by atoms with van der Waals surface area (Å²) in [5, 5.41) is 23.8. The number of amides is 2.